The highest BCUT2D eigenvalue weighted by Crippen LogP contribution is 2.25. The first-order valence-corrected chi connectivity index (χ1v) is 4.60. The molecule has 0 amide bonds. The highest BCUT2D eigenvalue weighted by atomic mass is 35.5. The largest absolute Gasteiger partial charge is 0.468 e. The molecule has 1 atom stereocenters. The number of esters is 1. The zero-order valence-electron chi connectivity index (χ0n) is 7.46. The second kappa shape index (κ2) is 4.64. The van der Waals surface area contributed by atoms with Crippen LogP contribution in [-0.2, 0) is 9.53 Å². The summed E-state index contributed by atoms with van der Waals surface area (Å²) < 4.78 is 4.50. The van der Waals surface area contributed by atoms with Crippen LogP contribution >= 0.6 is 23.2 Å². The number of carbonyl (C=O) groups excluding carboxylic acids is 1. The average molecular weight is 234 g/mol. The topological polar surface area (TPSA) is 52.3 Å². The smallest absolute Gasteiger partial charge is 0.327 e. The van der Waals surface area contributed by atoms with Crippen molar-refractivity contribution < 1.29 is 9.53 Å². The number of halogens is 2. The predicted molar refractivity (Wildman–Crippen MR) is 55.4 cm³/mol. The average Bonchev–Trinajstić information content (AvgIpc) is 2.20. The zero-order chi connectivity index (χ0) is 10.7. The highest BCUT2D eigenvalue weighted by Gasteiger charge is 2.16. The molecule has 2 N–H and O–H groups in total. The van der Waals surface area contributed by atoms with Crippen molar-refractivity contribution in [2.75, 3.05) is 7.11 Å². The molecule has 0 spiro atoms. The van der Waals surface area contributed by atoms with Crippen molar-refractivity contribution in [1.82, 2.24) is 0 Å². The maximum atomic E-state index is 11.1. The molecular weight excluding hydrogens is 225 g/mol. The Bertz CT molecular complexity index is 355. The van der Waals surface area contributed by atoms with E-state index >= 15 is 0 Å². The van der Waals surface area contributed by atoms with Crippen LogP contribution in [0.25, 0.3) is 0 Å². The van der Waals surface area contributed by atoms with E-state index in [9.17, 15) is 4.79 Å². The van der Waals surface area contributed by atoms with Gasteiger partial charge in [0.15, 0.2) is 0 Å². The van der Waals surface area contributed by atoms with Crippen LogP contribution in [0.15, 0.2) is 18.2 Å². The van der Waals surface area contributed by atoms with Gasteiger partial charge in [-0.25, -0.2) is 0 Å². The third-order valence-electron chi connectivity index (χ3n) is 1.76. The summed E-state index contributed by atoms with van der Waals surface area (Å²) in [7, 11) is 1.28. The minimum atomic E-state index is -0.824. The van der Waals surface area contributed by atoms with Crippen molar-refractivity contribution in [3.05, 3.63) is 33.8 Å². The molecule has 1 aromatic rings. The van der Waals surface area contributed by atoms with Gasteiger partial charge in [0.25, 0.3) is 0 Å². The minimum Gasteiger partial charge on any atom is -0.468 e. The van der Waals surface area contributed by atoms with Crippen LogP contribution in [-0.4, -0.2) is 13.1 Å². The van der Waals surface area contributed by atoms with Crippen molar-refractivity contribution >= 4 is 29.2 Å². The lowest BCUT2D eigenvalue weighted by molar-refractivity contribution is -0.142. The van der Waals surface area contributed by atoms with Gasteiger partial charge in [0.1, 0.15) is 6.04 Å². The molecule has 0 aliphatic heterocycles. The van der Waals surface area contributed by atoms with E-state index in [1.807, 2.05) is 0 Å². The molecule has 0 aliphatic carbocycles. The Morgan fingerprint density at radius 3 is 2.57 bits per heavy atom. The molecule has 0 radical (unpaired) electrons. The number of carbonyl (C=O) groups is 1. The van der Waals surface area contributed by atoms with E-state index in [2.05, 4.69) is 4.74 Å². The summed E-state index contributed by atoms with van der Waals surface area (Å²) in [5, 5.41) is 0.788. The fraction of sp³-hybridized carbons (Fsp3) is 0.222. The summed E-state index contributed by atoms with van der Waals surface area (Å²) in [4.78, 5) is 11.1. The standard InChI is InChI=1S/C9H9Cl2NO2/c1-14-9(13)8(12)5-2-3-6(10)7(11)4-5/h2-4,8H,12H2,1H3/t8-/m0/s1. The molecule has 0 unspecified atom stereocenters. The lowest BCUT2D eigenvalue weighted by Crippen LogP contribution is -2.22. The predicted octanol–water partition coefficient (Wildman–Crippen LogP) is 2.17. The van der Waals surface area contributed by atoms with Crippen LogP contribution in [0, 0.1) is 0 Å². The SMILES string of the molecule is COC(=O)[C@@H](N)c1ccc(Cl)c(Cl)c1. The fourth-order valence-corrected chi connectivity index (χ4v) is 1.28. The maximum absolute atomic E-state index is 11.1. The quantitative estimate of drug-likeness (QED) is 0.797. The van der Waals surface area contributed by atoms with E-state index in [1.54, 1.807) is 18.2 Å². The summed E-state index contributed by atoms with van der Waals surface area (Å²) in [5.74, 6) is -0.511. The maximum Gasteiger partial charge on any atom is 0.327 e. The molecule has 0 aromatic heterocycles. The van der Waals surface area contributed by atoms with Gasteiger partial charge in [0.2, 0.25) is 0 Å². The van der Waals surface area contributed by atoms with Crippen LogP contribution in [0.4, 0.5) is 0 Å². The van der Waals surface area contributed by atoms with Gasteiger partial charge in [0.05, 0.1) is 17.2 Å². The van der Waals surface area contributed by atoms with Gasteiger partial charge in [-0.05, 0) is 17.7 Å². The van der Waals surface area contributed by atoms with E-state index in [-0.39, 0.29) is 0 Å². The fourth-order valence-electron chi connectivity index (χ4n) is 0.969. The number of rotatable bonds is 2. The molecule has 1 rings (SSSR count). The molecule has 0 bridgehead atoms. The Hall–Kier alpha value is -0.770. The van der Waals surface area contributed by atoms with Crippen LogP contribution in [0.5, 0.6) is 0 Å². The van der Waals surface area contributed by atoms with E-state index in [0.29, 0.717) is 15.6 Å². The molecule has 0 heterocycles. The summed E-state index contributed by atoms with van der Waals surface area (Å²) >= 11 is 11.5. The molecular formula is C9H9Cl2NO2. The van der Waals surface area contributed by atoms with Gasteiger partial charge in [-0.15, -0.1) is 0 Å². The van der Waals surface area contributed by atoms with Crippen molar-refractivity contribution in [2.24, 2.45) is 5.73 Å². The van der Waals surface area contributed by atoms with Gasteiger partial charge < -0.3 is 10.5 Å². The molecule has 76 valence electrons. The van der Waals surface area contributed by atoms with Crippen LogP contribution in [0.3, 0.4) is 0 Å². The Kier molecular flexibility index (Phi) is 3.75. The van der Waals surface area contributed by atoms with Crippen molar-refractivity contribution in [2.45, 2.75) is 6.04 Å². The molecule has 0 fully saturated rings. The lowest BCUT2D eigenvalue weighted by Gasteiger charge is -2.09. The first-order valence-electron chi connectivity index (χ1n) is 3.84. The highest BCUT2D eigenvalue weighted by molar-refractivity contribution is 6.42. The van der Waals surface area contributed by atoms with Gasteiger partial charge in [-0.3, -0.25) is 4.79 Å². The normalized spacial score (nSPS) is 12.3. The second-order valence-electron chi connectivity index (χ2n) is 2.67. The van der Waals surface area contributed by atoms with Gasteiger partial charge >= 0.3 is 5.97 Å². The number of ether oxygens (including phenoxy) is 1. The van der Waals surface area contributed by atoms with Crippen molar-refractivity contribution in [3.63, 3.8) is 0 Å². The van der Waals surface area contributed by atoms with Gasteiger partial charge in [-0.2, -0.15) is 0 Å². The number of benzene rings is 1. The molecule has 0 saturated heterocycles. The minimum absolute atomic E-state index is 0.364. The third kappa shape index (κ3) is 2.38. The monoisotopic (exact) mass is 233 g/mol. The van der Waals surface area contributed by atoms with E-state index < -0.39 is 12.0 Å². The molecule has 0 saturated carbocycles. The Morgan fingerprint density at radius 2 is 2.07 bits per heavy atom. The Morgan fingerprint density at radius 1 is 1.43 bits per heavy atom. The summed E-state index contributed by atoms with van der Waals surface area (Å²) in [6.45, 7) is 0. The Balaban J connectivity index is 2.96. The molecule has 5 heteroatoms. The summed E-state index contributed by atoms with van der Waals surface area (Å²) in [5.41, 5.74) is 6.17. The first-order chi connectivity index (χ1) is 6.56. The lowest BCUT2D eigenvalue weighted by atomic mass is 10.1. The van der Waals surface area contributed by atoms with Gasteiger partial charge in [0, 0.05) is 0 Å². The van der Waals surface area contributed by atoms with Gasteiger partial charge in [-0.1, -0.05) is 29.3 Å². The van der Waals surface area contributed by atoms with E-state index in [0.717, 1.165) is 0 Å². The second-order valence-corrected chi connectivity index (χ2v) is 3.49. The van der Waals surface area contributed by atoms with E-state index in [4.69, 9.17) is 28.9 Å². The summed E-state index contributed by atoms with van der Waals surface area (Å²) in [6, 6.07) is 3.94. The van der Waals surface area contributed by atoms with Crippen molar-refractivity contribution in [3.8, 4) is 0 Å². The third-order valence-corrected chi connectivity index (χ3v) is 2.50. The number of methoxy groups -OCH3 is 1. The van der Waals surface area contributed by atoms with Crippen LogP contribution < -0.4 is 5.73 Å². The zero-order valence-corrected chi connectivity index (χ0v) is 8.97. The summed E-state index contributed by atoms with van der Waals surface area (Å²) in [6.07, 6.45) is 0. The first kappa shape index (κ1) is 11.3. The Labute approximate surface area is 91.7 Å². The van der Waals surface area contributed by atoms with Crippen LogP contribution in [0.1, 0.15) is 11.6 Å². The van der Waals surface area contributed by atoms with E-state index in [1.165, 1.54) is 7.11 Å². The van der Waals surface area contributed by atoms with Crippen LogP contribution in [0.2, 0.25) is 10.0 Å². The molecule has 14 heavy (non-hydrogen) atoms. The number of nitrogens with two attached hydrogens (primary N) is 1. The molecule has 3 nitrogen and oxygen atoms in total. The number of hydrogen-bond donors (Lipinski definition) is 1. The van der Waals surface area contributed by atoms with Crippen molar-refractivity contribution in [1.29, 1.82) is 0 Å². The molecule has 1 aromatic carbocycles. The molecule has 0 aliphatic rings. The number of hydrogen-bond acceptors (Lipinski definition) is 3.